The Hall–Kier alpha value is -3.08. The van der Waals surface area contributed by atoms with Crippen molar-refractivity contribution in [2.45, 2.75) is 13.0 Å². The Kier molecular flexibility index (Phi) is 5.14. The van der Waals surface area contributed by atoms with Gasteiger partial charge in [-0.15, -0.1) is 0 Å². The maximum atomic E-state index is 12.5. The highest BCUT2D eigenvalue weighted by Gasteiger charge is 2.13. The summed E-state index contributed by atoms with van der Waals surface area (Å²) in [5, 5.41) is 0. The number of Topliss-reactive ketones (excluding diaryl/α,β-unsaturated/α-hetero) is 1. The molecule has 0 saturated heterocycles. The normalized spacial score (nSPS) is 10.5. The Bertz CT molecular complexity index is 856. The fourth-order valence-corrected chi connectivity index (χ4v) is 2.65. The predicted octanol–water partition coefficient (Wildman–Crippen LogP) is 3.37. The standard InChI is InChI=1S/C20H20N2O3/c1-24-19-9-8-16(10-20(19)25-2)18(23)11-17-13-22(14-21-17)12-15-6-4-3-5-7-15/h3-10,13-14H,11-12H2,1-2H3. The van der Waals surface area contributed by atoms with Crippen LogP contribution in [0.1, 0.15) is 21.6 Å². The van der Waals surface area contributed by atoms with Crippen molar-refractivity contribution in [1.29, 1.82) is 0 Å². The zero-order chi connectivity index (χ0) is 17.6. The van der Waals surface area contributed by atoms with Crippen molar-refractivity contribution >= 4 is 5.78 Å². The van der Waals surface area contributed by atoms with Crippen LogP contribution in [0.5, 0.6) is 11.5 Å². The van der Waals surface area contributed by atoms with Crippen LogP contribution < -0.4 is 9.47 Å². The molecule has 25 heavy (non-hydrogen) atoms. The van der Waals surface area contributed by atoms with Crippen LogP contribution in [0.2, 0.25) is 0 Å². The Labute approximate surface area is 146 Å². The van der Waals surface area contributed by atoms with Crippen LogP contribution in [0.3, 0.4) is 0 Å². The van der Waals surface area contributed by atoms with Gasteiger partial charge in [-0.05, 0) is 23.8 Å². The largest absolute Gasteiger partial charge is 0.493 e. The van der Waals surface area contributed by atoms with Crippen LogP contribution in [0.25, 0.3) is 0 Å². The van der Waals surface area contributed by atoms with Crippen LogP contribution >= 0.6 is 0 Å². The van der Waals surface area contributed by atoms with E-state index in [2.05, 4.69) is 17.1 Å². The van der Waals surface area contributed by atoms with Gasteiger partial charge in [-0.25, -0.2) is 4.98 Å². The van der Waals surface area contributed by atoms with Gasteiger partial charge in [0.15, 0.2) is 17.3 Å². The Morgan fingerprint density at radius 3 is 2.52 bits per heavy atom. The molecule has 0 aliphatic carbocycles. The lowest BCUT2D eigenvalue weighted by Crippen LogP contribution is -2.05. The number of hydrogen-bond acceptors (Lipinski definition) is 4. The molecule has 5 nitrogen and oxygen atoms in total. The molecule has 0 aliphatic rings. The van der Waals surface area contributed by atoms with Gasteiger partial charge >= 0.3 is 0 Å². The van der Waals surface area contributed by atoms with E-state index in [4.69, 9.17) is 9.47 Å². The summed E-state index contributed by atoms with van der Waals surface area (Å²) < 4.78 is 12.4. The molecule has 2 aromatic carbocycles. The SMILES string of the molecule is COc1ccc(C(=O)Cc2cn(Cc3ccccc3)cn2)cc1OC. The van der Waals surface area contributed by atoms with Gasteiger partial charge in [0.1, 0.15) is 0 Å². The van der Waals surface area contributed by atoms with Gasteiger partial charge < -0.3 is 14.0 Å². The van der Waals surface area contributed by atoms with E-state index in [0.717, 1.165) is 12.2 Å². The molecule has 0 amide bonds. The van der Waals surface area contributed by atoms with Crippen molar-refractivity contribution in [1.82, 2.24) is 9.55 Å². The summed E-state index contributed by atoms with van der Waals surface area (Å²) >= 11 is 0. The van der Waals surface area contributed by atoms with Gasteiger partial charge in [-0.3, -0.25) is 4.79 Å². The second kappa shape index (κ2) is 7.66. The first-order chi connectivity index (χ1) is 12.2. The molecule has 0 fully saturated rings. The molecule has 5 heteroatoms. The monoisotopic (exact) mass is 336 g/mol. The van der Waals surface area contributed by atoms with Gasteiger partial charge in [-0.2, -0.15) is 0 Å². The average Bonchev–Trinajstić information content (AvgIpc) is 3.08. The molecule has 3 rings (SSSR count). The number of methoxy groups -OCH3 is 2. The highest BCUT2D eigenvalue weighted by atomic mass is 16.5. The summed E-state index contributed by atoms with van der Waals surface area (Å²) in [5.41, 5.74) is 2.52. The van der Waals surface area contributed by atoms with Crippen molar-refractivity contribution in [2.75, 3.05) is 14.2 Å². The Morgan fingerprint density at radius 1 is 1.04 bits per heavy atom. The minimum Gasteiger partial charge on any atom is -0.493 e. The van der Waals surface area contributed by atoms with Crippen molar-refractivity contribution < 1.29 is 14.3 Å². The summed E-state index contributed by atoms with van der Waals surface area (Å²) in [6.07, 6.45) is 3.91. The molecule has 0 spiro atoms. The van der Waals surface area contributed by atoms with E-state index < -0.39 is 0 Å². The smallest absolute Gasteiger partial charge is 0.169 e. The fourth-order valence-electron chi connectivity index (χ4n) is 2.65. The number of ketones is 1. The lowest BCUT2D eigenvalue weighted by molar-refractivity contribution is 0.0991. The first-order valence-electron chi connectivity index (χ1n) is 7.99. The fraction of sp³-hybridized carbons (Fsp3) is 0.200. The second-order valence-corrected chi connectivity index (χ2v) is 5.69. The molecule has 0 unspecified atom stereocenters. The number of benzene rings is 2. The number of rotatable bonds is 7. The zero-order valence-electron chi connectivity index (χ0n) is 14.3. The van der Waals surface area contributed by atoms with E-state index >= 15 is 0 Å². The van der Waals surface area contributed by atoms with Gasteiger partial charge in [0.05, 0.1) is 32.7 Å². The lowest BCUT2D eigenvalue weighted by atomic mass is 10.1. The number of aromatic nitrogens is 2. The maximum absolute atomic E-state index is 12.5. The molecule has 128 valence electrons. The molecule has 0 atom stereocenters. The quantitative estimate of drug-likeness (QED) is 0.621. The molecule has 0 N–H and O–H groups in total. The highest BCUT2D eigenvalue weighted by molar-refractivity contribution is 5.97. The van der Waals surface area contributed by atoms with E-state index in [1.54, 1.807) is 38.7 Å². The summed E-state index contributed by atoms with van der Waals surface area (Å²) in [7, 11) is 3.12. The summed E-state index contributed by atoms with van der Waals surface area (Å²) in [4.78, 5) is 16.8. The van der Waals surface area contributed by atoms with Crippen LogP contribution in [0, 0.1) is 0 Å². The second-order valence-electron chi connectivity index (χ2n) is 5.69. The van der Waals surface area contributed by atoms with Crippen molar-refractivity contribution in [3.05, 3.63) is 77.9 Å². The van der Waals surface area contributed by atoms with E-state index in [1.807, 2.05) is 29.0 Å². The molecule has 0 radical (unpaired) electrons. The minimum absolute atomic E-state index is 0.00841. The number of carbonyl (C=O) groups excluding carboxylic acids is 1. The number of nitrogens with zero attached hydrogens (tertiary/aromatic N) is 2. The van der Waals surface area contributed by atoms with Crippen molar-refractivity contribution in [3.8, 4) is 11.5 Å². The molecule has 3 aromatic rings. The molecule has 1 heterocycles. The van der Waals surface area contributed by atoms with Gasteiger partial charge in [0, 0.05) is 18.3 Å². The Balaban J connectivity index is 1.69. The number of ether oxygens (including phenoxy) is 2. The third-order valence-corrected chi connectivity index (χ3v) is 3.94. The predicted molar refractivity (Wildman–Crippen MR) is 95.4 cm³/mol. The zero-order valence-corrected chi connectivity index (χ0v) is 14.3. The summed E-state index contributed by atoms with van der Waals surface area (Å²) in [6, 6.07) is 15.3. The van der Waals surface area contributed by atoms with E-state index in [9.17, 15) is 4.79 Å². The van der Waals surface area contributed by atoms with Gasteiger partial charge in [0.2, 0.25) is 0 Å². The molecule has 0 bridgehead atoms. The third-order valence-electron chi connectivity index (χ3n) is 3.94. The van der Waals surface area contributed by atoms with E-state index in [0.29, 0.717) is 17.1 Å². The van der Waals surface area contributed by atoms with Gasteiger partial charge in [0.25, 0.3) is 0 Å². The number of carbonyl (C=O) groups is 1. The van der Waals surface area contributed by atoms with E-state index in [1.165, 1.54) is 5.56 Å². The first kappa shape index (κ1) is 16.8. The highest BCUT2D eigenvalue weighted by Crippen LogP contribution is 2.28. The van der Waals surface area contributed by atoms with Crippen molar-refractivity contribution in [2.24, 2.45) is 0 Å². The maximum Gasteiger partial charge on any atom is 0.169 e. The first-order valence-corrected chi connectivity index (χ1v) is 7.99. The summed E-state index contributed by atoms with van der Waals surface area (Å²) in [5.74, 6) is 1.14. The summed E-state index contributed by atoms with van der Waals surface area (Å²) in [6.45, 7) is 0.735. The molecule has 0 aliphatic heterocycles. The van der Waals surface area contributed by atoms with Crippen LogP contribution in [-0.4, -0.2) is 29.6 Å². The Morgan fingerprint density at radius 2 is 1.80 bits per heavy atom. The van der Waals surface area contributed by atoms with Gasteiger partial charge in [-0.1, -0.05) is 30.3 Å². The minimum atomic E-state index is -0.00841. The molecular formula is C20H20N2O3. The van der Waals surface area contributed by atoms with Crippen LogP contribution in [0.15, 0.2) is 61.1 Å². The lowest BCUT2D eigenvalue weighted by Gasteiger charge is -2.08. The number of imidazole rings is 1. The number of hydrogen-bond donors (Lipinski definition) is 0. The topological polar surface area (TPSA) is 53.4 Å². The third kappa shape index (κ3) is 4.07. The molecular weight excluding hydrogens is 316 g/mol. The van der Waals surface area contributed by atoms with Crippen LogP contribution in [-0.2, 0) is 13.0 Å². The van der Waals surface area contributed by atoms with Crippen LogP contribution in [0.4, 0.5) is 0 Å². The average molecular weight is 336 g/mol. The van der Waals surface area contributed by atoms with E-state index in [-0.39, 0.29) is 12.2 Å². The van der Waals surface area contributed by atoms with Crippen molar-refractivity contribution in [3.63, 3.8) is 0 Å². The molecule has 0 saturated carbocycles. The molecule has 1 aromatic heterocycles.